The zero-order chi connectivity index (χ0) is 14.5. The molecule has 1 unspecified atom stereocenters. The molecule has 0 amide bonds. The van der Waals surface area contributed by atoms with Gasteiger partial charge in [-0.1, -0.05) is 30.3 Å². The normalized spacial score (nSPS) is 18.4. The van der Waals surface area contributed by atoms with Gasteiger partial charge in [0.25, 0.3) is 0 Å². The number of allylic oxidation sites excluding steroid dienone is 2. The van der Waals surface area contributed by atoms with Crippen LogP contribution < -0.4 is 5.46 Å². The van der Waals surface area contributed by atoms with Gasteiger partial charge >= 0.3 is 13.1 Å². The predicted octanol–water partition coefficient (Wildman–Crippen LogP) is 1.11. The largest absolute Gasteiger partial charge is 0.488 e. The summed E-state index contributed by atoms with van der Waals surface area (Å²) in [5.74, 6) is -0.140. The van der Waals surface area contributed by atoms with Crippen LogP contribution in [0.4, 0.5) is 0 Å². The quantitative estimate of drug-likeness (QED) is 0.637. The molecule has 2 rings (SSSR count). The molecule has 0 saturated heterocycles. The monoisotopic (exact) mass is 274 g/mol. The number of hydrogen-bond donors (Lipinski definition) is 2. The van der Waals surface area contributed by atoms with Crippen molar-refractivity contribution >= 4 is 24.1 Å². The van der Waals surface area contributed by atoms with Crippen molar-refractivity contribution < 1.29 is 19.6 Å². The first-order valence-electron chi connectivity index (χ1n) is 6.94. The fraction of sp³-hybridized carbons (Fsp3) is 0.400. The summed E-state index contributed by atoms with van der Waals surface area (Å²) < 4.78 is 5.04. The fourth-order valence-corrected chi connectivity index (χ4v) is 2.44. The van der Waals surface area contributed by atoms with Crippen molar-refractivity contribution in [2.45, 2.75) is 26.2 Å². The molecule has 20 heavy (non-hydrogen) atoms. The molecule has 1 atom stereocenters. The first kappa shape index (κ1) is 14.8. The minimum absolute atomic E-state index is 0.0303. The second-order valence-corrected chi connectivity index (χ2v) is 4.95. The maximum Gasteiger partial charge on any atom is 0.488 e. The minimum Gasteiger partial charge on any atom is -0.466 e. The van der Waals surface area contributed by atoms with Gasteiger partial charge in [-0.05, 0) is 42.8 Å². The summed E-state index contributed by atoms with van der Waals surface area (Å²) in [7, 11) is -1.43. The predicted molar refractivity (Wildman–Crippen MR) is 78.2 cm³/mol. The fourth-order valence-electron chi connectivity index (χ4n) is 2.44. The van der Waals surface area contributed by atoms with Crippen molar-refractivity contribution in [3.05, 3.63) is 35.9 Å². The van der Waals surface area contributed by atoms with Crippen LogP contribution in [0, 0.1) is 5.92 Å². The van der Waals surface area contributed by atoms with Crippen LogP contribution in [0.5, 0.6) is 0 Å². The van der Waals surface area contributed by atoms with Gasteiger partial charge in [0.15, 0.2) is 0 Å². The van der Waals surface area contributed by atoms with Gasteiger partial charge in [0.1, 0.15) is 0 Å². The summed E-state index contributed by atoms with van der Waals surface area (Å²) in [5.41, 5.74) is 2.75. The highest BCUT2D eigenvalue weighted by Gasteiger charge is 2.23. The Morgan fingerprint density at radius 1 is 1.35 bits per heavy atom. The molecule has 5 heteroatoms. The van der Waals surface area contributed by atoms with Gasteiger partial charge < -0.3 is 14.8 Å². The summed E-state index contributed by atoms with van der Waals surface area (Å²) in [5, 5.41) is 18.1. The van der Waals surface area contributed by atoms with Crippen LogP contribution in [-0.4, -0.2) is 29.7 Å². The molecule has 1 aliphatic rings. The lowest BCUT2D eigenvalue weighted by Gasteiger charge is -2.20. The Morgan fingerprint density at radius 2 is 2.05 bits per heavy atom. The summed E-state index contributed by atoms with van der Waals surface area (Å²) >= 11 is 0. The topological polar surface area (TPSA) is 66.8 Å². The maximum absolute atomic E-state index is 11.7. The van der Waals surface area contributed by atoms with Crippen molar-refractivity contribution in [3.63, 3.8) is 0 Å². The Morgan fingerprint density at radius 3 is 2.55 bits per heavy atom. The van der Waals surface area contributed by atoms with E-state index in [2.05, 4.69) is 6.08 Å². The Labute approximate surface area is 119 Å². The van der Waals surface area contributed by atoms with Gasteiger partial charge in [-0.3, -0.25) is 4.79 Å². The molecule has 0 aromatic heterocycles. The van der Waals surface area contributed by atoms with Crippen LogP contribution in [0.1, 0.15) is 31.7 Å². The van der Waals surface area contributed by atoms with Crippen LogP contribution in [0.25, 0.3) is 5.57 Å². The third kappa shape index (κ3) is 3.49. The zero-order valence-corrected chi connectivity index (χ0v) is 11.6. The lowest BCUT2D eigenvalue weighted by Crippen LogP contribution is -2.29. The highest BCUT2D eigenvalue weighted by Crippen LogP contribution is 2.30. The summed E-state index contributed by atoms with van der Waals surface area (Å²) in [6.45, 7) is 2.25. The third-order valence-corrected chi connectivity index (χ3v) is 3.61. The van der Waals surface area contributed by atoms with Gasteiger partial charge in [0.05, 0.1) is 12.5 Å². The van der Waals surface area contributed by atoms with Gasteiger partial charge in [-0.2, -0.15) is 0 Å². The number of hydrogen-bond acceptors (Lipinski definition) is 4. The van der Waals surface area contributed by atoms with E-state index in [0.717, 1.165) is 18.4 Å². The molecule has 0 radical (unpaired) electrons. The lowest BCUT2D eigenvalue weighted by atomic mass is 9.79. The summed E-state index contributed by atoms with van der Waals surface area (Å²) in [6.07, 6.45) is 4.42. The molecular formula is C15H19BO4. The van der Waals surface area contributed by atoms with E-state index < -0.39 is 7.12 Å². The molecule has 0 heterocycles. The van der Waals surface area contributed by atoms with Crippen LogP contribution in [0.15, 0.2) is 30.3 Å². The van der Waals surface area contributed by atoms with E-state index in [-0.39, 0.29) is 11.9 Å². The van der Waals surface area contributed by atoms with E-state index >= 15 is 0 Å². The van der Waals surface area contributed by atoms with Crippen molar-refractivity contribution in [3.8, 4) is 0 Å². The Balaban J connectivity index is 2.03. The number of benzene rings is 1. The van der Waals surface area contributed by atoms with Gasteiger partial charge in [-0.15, -0.1) is 0 Å². The van der Waals surface area contributed by atoms with Crippen LogP contribution in [0.2, 0.25) is 0 Å². The van der Waals surface area contributed by atoms with Crippen molar-refractivity contribution in [1.82, 2.24) is 0 Å². The van der Waals surface area contributed by atoms with Crippen LogP contribution >= 0.6 is 0 Å². The average molecular weight is 274 g/mol. The molecule has 0 aliphatic heterocycles. The van der Waals surface area contributed by atoms with Crippen LogP contribution in [0.3, 0.4) is 0 Å². The van der Waals surface area contributed by atoms with Gasteiger partial charge in [0, 0.05) is 0 Å². The second-order valence-electron chi connectivity index (χ2n) is 4.95. The molecule has 1 aromatic rings. The molecule has 1 aromatic carbocycles. The Hall–Kier alpha value is -1.59. The number of esters is 1. The Kier molecular flexibility index (Phi) is 4.98. The van der Waals surface area contributed by atoms with E-state index in [1.54, 1.807) is 12.1 Å². The number of rotatable bonds is 4. The van der Waals surface area contributed by atoms with E-state index in [1.165, 1.54) is 5.57 Å². The standard InChI is InChI=1S/C15H19BO4/c1-2-20-15(17)13-5-3-11(4-6-13)12-7-9-14(10-8-12)16(18)19/h3,7-10,13,18-19H,2,4-6H2,1H3. The Bertz CT molecular complexity index is 493. The molecule has 2 N–H and O–H groups in total. The third-order valence-electron chi connectivity index (χ3n) is 3.61. The highest BCUT2D eigenvalue weighted by atomic mass is 16.5. The van der Waals surface area contributed by atoms with E-state index in [9.17, 15) is 4.79 Å². The molecule has 106 valence electrons. The second kappa shape index (κ2) is 6.73. The SMILES string of the molecule is CCOC(=O)C1CC=C(c2ccc(B(O)O)cc2)CC1. The van der Waals surface area contributed by atoms with E-state index in [1.807, 2.05) is 19.1 Å². The molecule has 4 nitrogen and oxygen atoms in total. The number of carbonyl (C=O) groups is 1. The molecule has 0 fully saturated rings. The van der Waals surface area contributed by atoms with Gasteiger partial charge in [-0.25, -0.2) is 0 Å². The first-order valence-corrected chi connectivity index (χ1v) is 6.94. The molecular weight excluding hydrogens is 255 g/mol. The first-order chi connectivity index (χ1) is 9.61. The lowest BCUT2D eigenvalue weighted by molar-refractivity contribution is -0.148. The molecule has 1 aliphatic carbocycles. The molecule has 0 spiro atoms. The number of carbonyl (C=O) groups excluding carboxylic acids is 1. The minimum atomic E-state index is -1.43. The van der Waals surface area contributed by atoms with Crippen molar-refractivity contribution in [2.24, 2.45) is 5.92 Å². The maximum atomic E-state index is 11.7. The van der Waals surface area contributed by atoms with E-state index in [4.69, 9.17) is 14.8 Å². The van der Waals surface area contributed by atoms with Crippen molar-refractivity contribution in [2.75, 3.05) is 6.61 Å². The van der Waals surface area contributed by atoms with Crippen molar-refractivity contribution in [1.29, 1.82) is 0 Å². The molecule has 0 saturated carbocycles. The summed E-state index contributed by atoms with van der Waals surface area (Å²) in [6, 6.07) is 7.17. The number of ether oxygens (including phenoxy) is 1. The summed E-state index contributed by atoms with van der Waals surface area (Å²) in [4.78, 5) is 11.7. The average Bonchev–Trinajstić information content (AvgIpc) is 2.48. The highest BCUT2D eigenvalue weighted by molar-refractivity contribution is 6.58. The molecule has 0 bridgehead atoms. The van der Waals surface area contributed by atoms with Gasteiger partial charge in [0.2, 0.25) is 0 Å². The van der Waals surface area contributed by atoms with Crippen LogP contribution in [-0.2, 0) is 9.53 Å². The smallest absolute Gasteiger partial charge is 0.466 e. The zero-order valence-electron chi connectivity index (χ0n) is 11.6. The van der Waals surface area contributed by atoms with E-state index in [0.29, 0.717) is 18.5 Å².